The predicted octanol–water partition coefficient (Wildman–Crippen LogP) is 3.84. The number of morpholine rings is 1. The van der Waals surface area contributed by atoms with Gasteiger partial charge in [0.15, 0.2) is 0 Å². The molecule has 2 heterocycles. The van der Waals surface area contributed by atoms with E-state index in [0.717, 1.165) is 31.7 Å². The lowest BCUT2D eigenvalue weighted by atomic mass is 10.1. The summed E-state index contributed by atoms with van der Waals surface area (Å²) >= 11 is 0. The summed E-state index contributed by atoms with van der Waals surface area (Å²) in [6.07, 6.45) is 7.36. The van der Waals surface area contributed by atoms with Gasteiger partial charge < -0.3 is 9.64 Å². The molecule has 2 aromatic rings. The number of sulfonamides is 1. The van der Waals surface area contributed by atoms with E-state index in [-0.39, 0.29) is 4.90 Å². The topological polar surface area (TPSA) is 71.5 Å². The van der Waals surface area contributed by atoms with Crippen LogP contribution in [0.1, 0.15) is 38.2 Å². The lowest BCUT2D eigenvalue weighted by molar-refractivity contribution is 0.122. The molecule has 0 saturated carbocycles. The van der Waals surface area contributed by atoms with Crippen LogP contribution >= 0.6 is 0 Å². The van der Waals surface area contributed by atoms with Crippen LogP contribution in [-0.4, -0.2) is 39.7 Å². The minimum absolute atomic E-state index is 0.266. The molecule has 0 aliphatic carbocycles. The maximum absolute atomic E-state index is 12.6. The highest BCUT2D eigenvalue weighted by molar-refractivity contribution is 7.92. The first-order valence-corrected chi connectivity index (χ1v) is 11.5. The fourth-order valence-corrected chi connectivity index (χ4v) is 4.27. The molecule has 0 amide bonds. The number of ether oxygens (including phenoxy) is 1. The molecule has 0 bridgehead atoms. The van der Waals surface area contributed by atoms with Crippen LogP contribution in [0.3, 0.4) is 0 Å². The number of aryl methyl sites for hydroxylation is 1. The molecule has 1 aromatic carbocycles. The van der Waals surface area contributed by atoms with Crippen LogP contribution in [0.4, 0.5) is 11.5 Å². The normalized spacial score (nSPS) is 14.8. The summed E-state index contributed by atoms with van der Waals surface area (Å²) in [5.41, 5.74) is 1.63. The molecule has 1 aromatic heterocycles. The third-order valence-corrected chi connectivity index (χ3v) is 6.29. The van der Waals surface area contributed by atoms with E-state index in [1.54, 1.807) is 24.4 Å². The average Bonchev–Trinajstić information content (AvgIpc) is 2.72. The quantitative estimate of drug-likeness (QED) is 0.644. The fraction of sp³-hybridized carbons (Fsp3) is 0.476. The van der Waals surface area contributed by atoms with Crippen molar-refractivity contribution >= 4 is 21.5 Å². The highest BCUT2D eigenvalue weighted by atomic mass is 32.2. The molecule has 1 saturated heterocycles. The summed E-state index contributed by atoms with van der Waals surface area (Å²) in [6.45, 7) is 5.15. The molecule has 28 heavy (non-hydrogen) atoms. The van der Waals surface area contributed by atoms with E-state index in [9.17, 15) is 8.42 Å². The van der Waals surface area contributed by atoms with Crippen LogP contribution in [0.5, 0.6) is 0 Å². The number of pyridine rings is 1. The van der Waals surface area contributed by atoms with Gasteiger partial charge in [-0.05, 0) is 42.7 Å². The first-order valence-electron chi connectivity index (χ1n) is 9.99. The highest BCUT2D eigenvalue weighted by Crippen LogP contribution is 2.20. The van der Waals surface area contributed by atoms with Crippen LogP contribution in [-0.2, 0) is 21.2 Å². The van der Waals surface area contributed by atoms with Gasteiger partial charge in [-0.3, -0.25) is 4.72 Å². The molecule has 1 aliphatic heterocycles. The van der Waals surface area contributed by atoms with Crippen molar-refractivity contribution in [3.8, 4) is 0 Å². The van der Waals surface area contributed by atoms with Gasteiger partial charge in [-0.15, -0.1) is 0 Å². The van der Waals surface area contributed by atoms with E-state index < -0.39 is 10.0 Å². The minimum Gasteiger partial charge on any atom is -0.378 e. The number of benzene rings is 1. The smallest absolute Gasteiger partial charge is 0.261 e. The van der Waals surface area contributed by atoms with Gasteiger partial charge in [0.2, 0.25) is 0 Å². The Hall–Kier alpha value is -2.12. The maximum atomic E-state index is 12.6. The van der Waals surface area contributed by atoms with Crippen LogP contribution in [0, 0.1) is 0 Å². The van der Waals surface area contributed by atoms with Crippen molar-refractivity contribution in [1.82, 2.24) is 4.98 Å². The summed E-state index contributed by atoms with van der Waals surface area (Å²) in [6, 6.07) is 10.7. The Balaban J connectivity index is 1.59. The maximum Gasteiger partial charge on any atom is 0.261 e. The second kappa shape index (κ2) is 9.89. The van der Waals surface area contributed by atoms with E-state index in [2.05, 4.69) is 21.5 Å². The highest BCUT2D eigenvalue weighted by Gasteiger charge is 2.16. The zero-order valence-electron chi connectivity index (χ0n) is 16.4. The summed E-state index contributed by atoms with van der Waals surface area (Å²) in [5.74, 6) is 0.832. The minimum atomic E-state index is -3.62. The molecule has 0 atom stereocenters. The fourth-order valence-electron chi connectivity index (χ4n) is 3.23. The lowest BCUT2D eigenvalue weighted by Crippen LogP contribution is -2.36. The third-order valence-electron chi connectivity index (χ3n) is 4.89. The van der Waals surface area contributed by atoms with Crippen LogP contribution in [0.25, 0.3) is 0 Å². The molecular weight excluding hydrogens is 374 g/mol. The van der Waals surface area contributed by atoms with Crippen LogP contribution < -0.4 is 9.62 Å². The van der Waals surface area contributed by atoms with E-state index in [4.69, 9.17) is 4.74 Å². The second-order valence-electron chi connectivity index (χ2n) is 7.06. The van der Waals surface area contributed by atoms with Crippen molar-refractivity contribution in [2.24, 2.45) is 0 Å². The molecule has 0 radical (unpaired) electrons. The van der Waals surface area contributed by atoms with Crippen molar-refractivity contribution in [3.63, 3.8) is 0 Å². The second-order valence-corrected chi connectivity index (χ2v) is 8.75. The Morgan fingerprint density at radius 1 is 1.04 bits per heavy atom. The van der Waals surface area contributed by atoms with Gasteiger partial charge in [0.05, 0.1) is 30.0 Å². The van der Waals surface area contributed by atoms with Crippen molar-refractivity contribution in [2.75, 3.05) is 35.9 Å². The molecule has 0 unspecified atom stereocenters. The van der Waals surface area contributed by atoms with Crippen molar-refractivity contribution in [2.45, 2.75) is 43.9 Å². The summed E-state index contributed by atoms with van der Waals surface area (Å²) in [4.78, 5) is 6.78. The molecule has 0 spiro atoms. The first kappa shape index (κ1) is 20.6. The van der Waals surface area contributed by atoms with Crippen molar-refractivity contribution < 1.29 is 13.2 Å². The molecule has 152 valence electrons. The van der Waals surface area contributed by atoms with Crippen LogP contribution in [0.2, 0.25) is 0 Å². The summed E-state index contributed by atoms with van der Waals surface area (Å²) in [7, 11) is -3.62. The van der Waals surface area contributed by atoms with Crippen molar-refractivity contribution in [3.05, 3.63) is 48.2 Å². The van der Waals surface area contributed by atoms with Crippen molar-refractivity contribution in [1.29, 1.82) is 0 Å². The summed E-state index contributed by atoms with van der Waals surface area (Å²) in [5, 5.41) is 0. The Morgan fingerprint density at radius 2 is 1.79 bits per heavy atom. The number of hydrogen-bond donors (Lipinski definition) is 1. The van der Waals surface area contributed by atoms with Gasteiger partial charge in [-0.25, -0.2) is 13.4 Å². The molecule has 1 fully saturated rings. The van der Waals surface area contributed by atoms with Gasteiger partial charge in [0.25, 0.3) is 10.0 Å². The van der Waals surface area contributed by atoms with E-state index >= 15 is 0 Å². The molecule has 1 aliphatic rings. The third kappa shape index (κ3) is 5.69. The number of anilines is 2. The molecule has 3 rings (SSSR count). The molecule has 6 nitrogen and oxygen atoms in total. The number of nitrogens with zero attached hydrogens (tertiary/aromatic N) is 2. The van der Waals surface area contributed by atoms with E-state index in [0.29, 0.717) is 18.9 Å². The van der Waals surface area contributed by atoms with Gasteiger partial charge in [0.1, 0.15) is 5.82 Å². The molecular formula is C21H29N3O3S. The van der Waals surface area contributed by atoms with E-state index in [1.807, 2.05) is 18.2 Å². The zero-order chi connectivity index (χ0) is 19.8. The number of nitrogens with one attached hydrogen (secondary N) is 1. The zero-order valence-corrected chi connectivity index (χ0v) is 17.2. The summed E-state index contributed by atoms with van der Waals surface area (Å²) < 4.78 is 33.2. The van der Waals surface area contributed by atoms with Crippen LogP contribution in [0.15, 0.2) is 47.5 Å². The Bertz CT molecular complexity index is 830. The first-order chi connectivity index (χ1) is 13.6. The standard InChI is InChI=1S/C21H29N3O3S/c1-2-3-4-5-6-18-7-10-20(11-8-18)28(25,26)23-19-9-12-21(22-17-19)24-13-15-27-16-14-24/h7-12,17,23H,2-6,13-16H2,1H3. The lowest BCUT2D eigenvalue weighted by Gasteiger charge is -2.27. The monoisotopic (exact) mass is 403 g/mol. The van der Waals surface area contributed by atoms with Gasteiger partial charge in [-0.1, -0.05) is 38.3 Å². The largest absolute Gasteiger partial charge is 0.378 e. The molecule has 7 heteroatoms. The predicted molar refractivity (Wildman–Crippen MR) is 112 cm³/mol. The number of rotatable bonds is 9. The average molecular weight is 404 g/mol. The Labute approximate surface area is 168 Å². The Kier molecular flexibility index (Phi) is 7.28. The van der Waals surface area contributed by atoms with Gasteiger partial charge in [0, 0.05) is 13.1 Å². The number of hydrogen-bond acceptors (Lipinski definition) is 5. The van der Waals surface area contributed by atoms with E-state index in [1.165, 1.54) is 24.8 Å². The number of unbranched alkanes of at least 4 members (excludes halogenated alkanes) is 3. The van der Waals surface area contributed by atoms with Gasteiger partial charge >= 0.3 is 0 Å². The van der Waals surface area contributed by atoms with Gasteiger partial charge in [-0.2, -0.15) is 0 Å². The molecule has 1 N–H and O–H groups in total. The SMILES string of the molecule is CCCCCCc1ccc(S(=O)(=O)Nc2ccc(N3CCOCC3)nc2)cc1. The number of aromatic nitrogens is 1. The Morgan fingerprint density at radius 3 is 2.43 bits per heavy atom.